The van der Waals surface area contributed by atoms with Crippen LogP contribution in [0.15, 0.2) is 24.3 Å². The number of rotatable bonds is 5. The van der Waals surface area contributed by atoms with Crippen LogP contribution in [0.5, 0.6) is 10.9 Å². The Balaban J connectivity index is 1.37. The summed E-state index contributed by atoms with van der Waals surface area (Å²) in [6.07, 6.45) is 2.31. The van der Waals surface area contributed by atoms with E-state index in [0.29, 0.717) is 33.6 Å². The minimum atomic E-state index is -0.213. The van der Waals surface area contributed by atoms with Crippen molar-refractivity contribution in [1.82, 2.24) is 20.4 Å². The average molecular weight is 401 g/mol. The Bertz CT molecular complexity index is 859. The van der Waals surface area contributed by atoms with Crippen LogP contribution in [0.25, 0.3) is 0 Å². The molecule has 2 N–H and O–H groups in total. The Morgan fingerprint density at radius 1 is 1.18 bits per heavy atom. The zero-order valence-electron chi connectivity index (χ0n) is 15.8. The summed E-state index contributed by atoms with van der Waals surface area (Å²) >= 11 is 1.14. The fourth-order valence-corrected chi connectivity index (χ4v) is 4.67. The number of amides is 2. The van der Waals surface area contributed by atoms with Crippen molar-refractivity contribution in [3.8, 4) is 10.9 Å². The van der Waals surface area contributed by atoms with Crippen molar-refractivity contribution in [2.75, 3.05) is 18.4 Å². The summed E-state index contributed by atoms with van der Waals surface area (Å²) in [7, 11) is 0. The molecule has 0 saturated carbocycles. The molecule has 2 aromatic rings. The number of hydrogen-bond acceptors (Lipinski definition) is 7. The van der Waals surface area contributed by atoms with Gasteiger partial charge in [0.15, 0.2) is 0 Å². The third kappa shape index (κ3) is 4.00. The second kappa shape index (κ2) is 7.84. The maximum absolute atomic E-state index is 12.7. The number of aromatic nitrogens is 2. The monoisotopic (exact) mass is 401 g/mol. The molecule has 0 radical (unpaired) electrons. The van der Waals surface area contributed by atoms with Gasteiger partial charge in [-0.15, -0.1) is 5.10 Å². The van der Waals surface area contributed by atoms with Crippen molar-refractivity contribution >= 4 is 28.3 Å². The molecule has 3 aliphatic rings. The predicted molar refractivity (Wildman–Crippen MR) is 106 cm³/mol. The molecule has 0 aliphatic carbocycles. The highest BCUT2D eigenvalue weighted by molar-refractivity contribution is 7.17. The summed E-state index contributed by atoms with van der Waals surface area (Å²) < 4.78 is 5.64. The van der Waals surface area contributed by atoms with Crippen LogP contribution in [0.3, 0.4) is 0 Å². The highest BCUT2D eigenvalue weighted by atomic mass is 32.1. The number of fused-ring (bicyclic) bond motifs is 3. The van der Waals surface area contributed by atoms with Crippen LogP contribution in [-0.4, -0.2) is 52.1 Å². The van der Waals surface area contributed by atoms with Crippen molar-refractivity contribution in [2.45, 2.75) is 38.8 Å². The third-order valence-corrected chi connectivity index (χ3v) is 6.20. The summed E-state index contributed by atoms with van der Waals surface area (Å²) in [5.74, 6) is 0.858. The lowest BCUT2D eigenvalue weighted by atomic mass is 9.79. The van der Waals surface area contributed by atoms with Gasteiger partial charge in [0, 0.05) is 24.6 Å². The first-order valence-corrected chi connectivity index (χ1v) is 10.2. The third-order valence-electron chi connectivity index (χ3n) is 5.49. The van der Waals surface area contributed by atoms with Gasteiger partial charge in [-0.2, -0.15) is 0 Å². The zero-order chi connectivity index (χ0) is 19.7. The first-order chi connectivity index (χ1) is 13.5. The quantitative estimate of drug-likeness (QED) is 0.799. The van der Waals surface area contributed by atoms with E-state index in [1.165, 1.54) is 6.92 Å². The van der Waals surface area contributed by atoms with Crippen LogP contribution in [0.4, 0.5) is 5.13 Å². The van der Waals surface area contributed by atoms with E-state index in [-0.39, 0.29) is 17.9 Å². The molecule has 3 aliphatic heterocycles. The molecule has 2 bridgehead atoms. The second-order valence-corrected chi connectivity index (χ2v) is 8.23. The van der Waals surface area contributed by atoms with Crippen molar-refractivity contribution in [3.63, 3.8) is 0 Å². The van der Waals surface area contributed by atoms with E-state index in [0.717, 1.165) is 37.3 Å². The normalized spacial score (nSPS) is 25.9. The van der Waals surface area contributed by atoms with Gasteiger partial charge in [0.25, 0.3) is 5.91 Å². The van der Waals surface area contributed by atoms with Crippen molar-refractivity contribution in [3.05, 3.63) is 29.8 Å². The average Bonchev–Trinajstić information content (AvgIpc) is 3.11. The van der Waals surface area contributed by atoms with Crippen molar-refractivity contribution in [1.29, 1.82) is 0 Å². The summed E-state index contributed by atoms with van der Waals surface area (Å²) in [6.45, 7) is 5.88. The Morgan fingerprint density at radius 3 is 2.54 bits per heavy atom. The molecular weight excluding hydrogens is 378 g/mol. The maximum Gasteiger partial charge on any atom is 0.301 e. The van der Waals surface area contributed by atoms with Crippen LogP contribution in [0, 0.1) is 5.92 Å². The van der Waals surface area contributed by atoms with Gasteiger partial charge in [0.1, 0.15) is 5.75 Å². The van der Waals surface area contributed by atoms with Crippen LogP contribution >= 0.6 is 11.3 Å². The fourth-order valence-electron chi connectivity index (χ4n) is 4.01. The van der Waals surface area contributed by atoms with Crippen molar-refractivity contribution in [2.24, 2.45) is 5.92 Å². The van der Waals surface area contributed by atoms with E-state index in [1.807, 2.05) is 0 Å². The van der Waals surface area contributed by atoms with Crippen LogP contribution < -0.4 is 15.4 Å². The van der Waals surface area contributed by atoms with Gasteiger partial charge < -0.3 is 15.4 Å². The number of carbonyl (C=O) groups excluding carboxylic acids is 2. The van der Waals surface area contributed by atoms with E-state index in [4.69, 9.17) is 4.74 Å². The van der Waals surface area contributed by atoms with E-state index in [2.05, 4.69) is 32.7 Å². The molecule has 0 unspecified atom stereocenters. The molecule has 4 heterocycles. The standard InChI is InChI=1S/C19H23N5O3S/c1-11-16(13-7-9-24(11)10-8-13)21-17(26)14-3-5-15(6-4-14)27-19-23-22-18(28-19)20-12(2)25/h3-6,11,13,16H,7-10H2,1-2H3,(H,21,26)(H,20,22,25)/t11-,16-/m0/s1. The summed E-state index contributed by atoms with van der Waals surface area (Å²) in [5.41, 5.74) is 0.604. The lowest BCUT2D eigenvalue weighted by Gasteiger charge is -2.49. The van der Waals surface area contributed by atoms with Gasteiger partial charge in [-0.1, -0.05) is 5.10 Å². The molecule has 3 fully saturated rings. The fraction of sp³-hybridized carbons (Fsp3) is 0.474. The SMILES string of the molecule is CC(=O)Nc1nnc(Oc2ccc(C(=O)N[C@@H]3C4CCN(CC4)[C@H]3C)cc2)s1. The Morgan fingerprint density at radius 2 is 1.89 bits per heavy atom. The zero-order valence-corrected chi connectivity index (χ0v) is 16.7. The summed E-state index contributed by atoms with van der Waals surface area (Å²) in [4.78, 5) is 26.2. The highest BCUT2D eigenvalue weighted by Gasteiger charge is 2.40. The largest absolute Gasteiger partial charge is 0.430 e. The molecule has 2 atom stereocenters. The van der Waals surface area contributed by atoms with Gasteiger partial charge in [-0.3, -0.25) is 14.5 Å². The van der Waals surface area contributed by atoms with E-state index in [1.54, 1.807) is 24.3 Å². The number of carbonyl (C=O) groups is 2. The molecule has 3 saturated heterocycles. The minimum absolute atomic E-state index is 0.0546. The smallest absolute Gasteiger partial charge is 0.301 e. The molecular formula is C19H23N5O3S. The molecule has 8 nitrogen and oxygen atoms in total. The molecule has 5 rings (SSSR count). The molecule has 2 amide bonds. The number of nitrogens with one attached hydrogen (secondary N) is 2. The number of hydrogen-bond donors (Lipinski definition) is 2. The molecule has 1 aromatic heterocycles. The molecule has 1 aromatic carbocycles. The number of piperidine rings is 3. The number of ether oxygens (including phenoxy) is 1. The lowest BCUT2D eigenvalue weighted by molar-refractivity contribution is -0.114. The molecule has 148 valence electrons. The van der Waals surface area contributed by atoms with Crippen LogP contribution in [0.2, 0.25) is 0 Å². The van der Waals surface area contributed by atoms with E-state index >= 15 is 0 Å². The number of anilines is 1. The number of benzene rings is 1. The van der Waals surface area contributed by atoms with Gasteiger partial charge in [0.2, 0.25) is 11.0 Å². The Kier molecular flexibility index (Phi) is 5.27. The first kappa shape index (κ1) is 18.8. The topological polar surface area (TPSA) is 96.5 Å². The maximum atomic E-state index is 12.7. The van der Waals surface area contributed by atoms with Gasteiger partial charge in [0.05, 0.1) is 0 Å². The number of nitrogens with zero attached hydrogens (tertiary/aromatic N) is 3. The second-order valence-electron chi connectivity index (χ2n) is 7.29. The first-order valence-electron chi connectivity index (χ1n) is 9.43. The summed E-state index contributed by atoms with van der Waals surface area (Å²) in [6, 6.07) is 7.54. The molecule has 9 heteroatoms. The highest BCUT2D eigenvalue weighted by Crippen LogP contribution is 2.32. The molecule has 0 spiro atoms. The van der Waals surface area contributed by atoms with Crippen LogP contribution in [0.1, 0.15) is 37.0 Å². The van der Waals surface area contributed by atoms with Gasteiger partial charge in [-0.25, -0.2) is 0 Å². The van der Waals surface area contributed by atoms with Gasteiger partial charge >= 0.3 is 5.19 Å². The van der Waals surface area contributed by atoms with E-state index < -0.39 is 0 Å². The van der Waals surface area contributed by atoms with Gasteiger partial charge in [-0.05, 0) is 74.4 Å². The lowest BCUT2D eigenvalue weighted by Crippen LogP contribution is -2.62. The molecule has 28 heavy (non-hydrogen) atoms. The Hall–Kier alpha value is -2.52. The summed E-state index contributed by atoms with van der Waals surface area (Å²) in [5, 5.41) is 14.2. The van der Waals surface area contributed by atoms with Crippen molar-refractivity contribution < 1.29 is 14.3 Å². The van der Waals surface area contributed by atoms with E-state index in [9.17, 15) is 9.59 Å². The predicted octanol–water partition coefficient (Wildman–Crippen LogP) is 2.50. The minimum Gasteiger partial charge on any atom is -0.430 e. The van der Waals surface area contributed by atoms with Crippen LogP contribution in [-0.2, 0) is 4.79 Å². The Labute approximate surface area is 167 Å².